The Morgan fingerprint density at radius 2 is 1.94 bits per heavy atom. The van der Waals surface area contributed by atoms with Gasteiger partial charge < -0.3 is 10.0 Å². The lowest BCUT2D eigenvalue weighted by molar-refractivity contribution is -0.135. The maximum absolute atomic E-state index is 12.4. The standard InChI is InChI=1S/C15H27NO2/c1-15(2,3)10-14(18)16-9-5-7-12(16)11-6-4-8-13(11)17/h11-13,17H,4-10H2,1-3H3. The molecule has 2 rings (SSSR count). The minimum Gasteiger partial charge on any atom is -0.393 e. The molecule has 0 aromatic rings. The van der Waals surface area contributed by atoms with Gasteiger partial charge in [-0.15, -0.1) is 0 Å². The summed E-state index contributed by atoms with van der Waals surface area (Å²) < 4.78 is 0. The lowest BCUT2D eigenvalue weighted by Gasteiger charge is -2.33. The van der Waals surface area contributed by atoms with E-state index in [9.17, 15) is 9.90 Å². The first-order valence-electron chi connectivity index (χ1n) is 7.36. The molecule has 3 nitrogen and oxygen atoms in total. The number of carbonyl (C=O) groups excluding carboxylic acids is 1. The molecule has 0 aromatic heterocycles. The van der Waals surface area contributed by atoms with Gasteiger partial charge in [-0.3, -0.25) is 4.79 Å². The molecule has 1 heterocycles. The van der Waals surface area contributed by atoms with Crippen LogP contribution < -0.4 is 0 Å². The van der Waals surface area contributed by atoms with E-state index in [1.54, 1.807) is 0 Å². The summed E-state index contributed by atoms with van der Waals surface area (Å²) in [5.74, 6) is 0.612. The maximum Gasteiger partial charge on any atom is 0.223 e. The Labute approximate surface area is 111 Å². The van der Waals surface area contributed by atoms with E-state index in [2.05, 4.69) is 25.7 Å². The van der Waals surface area contributed by atoms with Gasteiger partial charge in [-0.05, 0) is 31.1 Å². The van der Waals surface area contributed by atoms with Gasteiger partial charge in [-0.25, -0.2) is 0 Å². The summed E-state index contributed by atoms with van der Waals surface area (Å²) in [6, 6.07) is 0.303. The zero-order chi connectivity index (χ0) is 13.3. The van der Waals surface area contributed by atoms with Crippen LogP contribution in [0.25, 0.3) is 0 Å². The summed E-state index contributed by atoms with van der Waals surface area (Å²) in [5, 5.41) is 10.0. The summed E-state index contributed by atoms with van der Waals surface area (Å²) in [5.41, 5.74) is 0.0541. The van der Waals surface area contributed by atoms with E-state index >= 15 is 0 Å². The van der Waals surface area contributed by atoms with Crippen molar-refractivity contribution in [3.8, 4) is 0 Å². The second-order valence-electron chi connectivity index (χ2n) is 7.20. The molecule has 3 atom stereocenters. The highest BCUT2D eigenvalue weighted by atomic mass is 16.3. The second kappa shape index (κ2) is 5.20. The molecule has 1 aliphatic heterocycles. The van der Waals surface area contributed by atoms with E-state index in [1.807, 2.05) is 0 Å². The number of nitrogens with zero attached hydrogens (tertiary/aromatic N) is 1. The van der Waals surface area contributed by atoms with Gasteiger partial charge in [0.15, 0.2) is 0 Å². The number of likely N-dealkylation sites (tertiary alicyclic amines) is 1. The van der Waals surface area contributed by atoms with Crippen molar-refractivity contribution >= 4 is 5.91 Å². The van der Waals surface area contributed by atoms with Gasteiger partial charge in [-0.2, -0.15) is 0 Å². The molecule has 2 aliphatic rings. The molecule has 3 heteroatoms. The molecule has 0 spiro atoms. The second-order valence-corrected chi connectivity index (χ2v) is 7.20. The number of hydrogen-bond acceptors (Lipinski definition) is 2. The molecule has 1 N–H and O–H groups in total. The smallest absolute Gasteiger partial charge is 0.223 e. The van der Waals surface area contributed by atoms with Crippen molar-refractivity contribution < 1.29 is 9.90 Å². The lowest BCUT2D eigenvalue weighted by Crippen LogP contribution is -2.43. The van der Waals surface area contributed by atoms with Crippen molar-refractivity contribution in [2.24, 2.45) is 11.3 Å². The van der Waals surface area contributed by atoms with E-state index in [-0.39, 0.29) is 17.4 Å². The molecule has 0 bridgehead atoms. The van der Waals surface area contributed by atoms with Gasteiger partial charge >= 0.3 is 0 Å². The molecule has 1 aliphatic carbocycles. The van der Waals surface area contributed by atoms with Crippen molar-refractivity contribution in [1.29, 1.82) is 0 Å². The van der Waals surface area contributed by atoms with Crippen LogP contribution in [0.3, 0.4) is 0 Å². The number of aliphatic hydroxyl groups is 1. The Balaban J connectivity index is 2.01. The van der Waals surface area contributed by atoms with Crippen LogP contribution in [0.4, 0.5) is 0 Å². The fourth-order valence-electron chi connectivity index (χ4n) is 3.52. The van der Waals surface area contributed by atoms with Crippen molar-refractivity contribution in [3.63, 3.8) is 0 Å². The topological polar surface area (TPSA) is 40.5 Å². The first-order valence-corrected chi connectivity index (χ1v) is 7.36. The number of hydrogen-bond donors (Lipinski definition) is 1. The van der Waals surface area contributed by atoms with Crippen molar-refractivity contribution in [3.05, 3.63) is 0 Å². The Bertz CT molecular complexity index is 308. The maximum atomic E-state index is 12.4. The fraction of sp³-hybridized carbons (Fsp3) is 0.933. The molecule has 3 unspecified atom stereocenters. The van der Waals surface area contributed by atoms with Crippen LogP contribution in [0.5, 0.6) is 0 Å². The number of carbonyl (C=O) groups is 1. The predicted octanol–water partition coefficient (Wildman–Crippen LogP) is 2.57. The number of aliphatic hydroxyl groups excluding tert-OH is 1. The third kappa shape index (κ3) is 3.05. The minimum atomic E-state index is -0.182. The SMILES string of the molecule is CC(C)(C)CC(=O)N1CCCC1C1CCCC1O. The molecular weight excluding hydrogens is 226 g/mol. The third-order valence-electron chi connectivity index (χ3n) is 4.33. The quantitative estimate of drug-likeness (QED) is 0.821. The summed E-state index contributed by atoms with van der Waals surface area (Å²) in [4.78, 5) is 14.4. The van der Waals surface area contributed by atoms with E-state index in [4.69, 9.17) is 0 Å². The minimum absolute atomic E-state index is 0.0541. The summed E-state index contributed by atoms with van der Waals surface area (Å²) in [7, 11) is 0. The molecule has 1 saturated carbocycles. The number of amides is 1. The molecule has 0 aromatic carbocycles. The van der Waals surface area contributed by atoms with Gasteiger partial charge in [0.05, 0.1) is 6.10 Å². The summed E-state index contributed by atoms with van der Waals surface area (Å²) >= 11 is 0. The Morgan fingerprint density at radius 3 is 2.50 bits per heavy atom. The molecule has 2 fully saturated rings. The fourth-order valence-corrected chi connectivity index (χ4v) is 3.52. The van der Waals surface area contributed by atoms with Crippen molar-refractivity contribution in [2.45, 2.75) is 71.4 Å². The van der Waals surface area contributed by atoms with E-state index in [1.165, 1.54) is 0 Å². The van der Waals surface area contributed by atoms with Crippen LogP contribution in [0.2, 0.25) is 0 Å². The van der Waals surface area contributed by atoms with E-state index < -0.39 is 0 Å². The highest BCUT2D eigenvalue weighted by molar-refractivity contribution is 5.77. The third-order valence-corrected chi connectivity index (χ3v) is 4.33. The molecule has 0 radical (unpaired) electrons. The highest BCUT2D eigenvalue weighted by Crippen LogP contribution is 2.36. The van der Waals surface area contributed by atoms with Gasteiger partial charge in [-0.1, -0.05) is 27.2 Å². The van der Waals surface area contributed by atoms with Crippen LogP contribution in [0.1, 0.15) is 59.3 Å². The zero-order valence-electron chi connectivity index (χ0n) is 12.0. The first kappa shape index (κ1) is 13.9. The van der Waals surface area contributed by atoms with Crippen LogP contribution in [-0.2, 0) is 4.79 Å². The van der Waals surface area contributed by atoms with Gasteiger partial charge in [0.25, 0.3) is 0 Å². The average molecular weight is 253 g/mol. The van der Waals surface area contributed by atoms with Crippen molar-refractivity contribution in [2.75, 3.05) is 6.54 Å². The Morgan fingerprint density at radius 1 is 1.22 bits per heavy atom. The number of rotatable bonds is 2. The normalized spacial score (nSPS) is 33.1. The van der Waals surface area contributed by atoms with Crippen molar-refractivity contribution in [1.82, 2.24) is 4.90 Å². The van der Waals surface area contributed by atoms with Gasteiger partial charge in [0.1, 0.15) is 0 Å². The molecule has 18 heavy (non-hydrogen) atoms. The predicted molar refractivity (Wildman–Crippen MR) is 72.2 cm³/mol. The van der Waals surface area contributed by atoms with Crippen LogP contribution in [0.15, 0.2) is 0 Å². The highest BCUT2D eigenvalue weighted by Gasteiger charge is 2.40. The first-order chi connectivity index (χ1) is 8.38. The van der Waals surface area contributed by atoms with Gasteiger partial charge in [0.2, 0.25) is 5.91 Å². The Hall–Kier alpha value is -0.570. The largest absolute Gasteiger partial charge is 0.393 e. The molecular formula is C15H27NO2. The average Bonchev–Trinajstić information content (AvgIpc) is 2.82. The lowest BCUT2D eigenvalue weighted by atomic mass is 9.90. The van der Waals surface area contributed by atoms with E-state index in [0.29, 0.717) is 18.4 Å². The van der Waals surface area contributed by atoms with Crippen LogP contribution >= 0.6 is 0 Å². The van der Waals surface area contributed by atoms with Gasteiger partial charge in [0, 0.05) is 24.9 Å². The molecule has 1 amide bonds. The Kier molecular flexibility index (Phi) is 4.00. The van der Waals surface area contributed by atoms with Crippen LogP contribution in [-0.4, -0.2) is 34.6 Å². The summed E-state index contributed by atoms with van der Waals surface area (Å²) in [6.45, 7) is 7.23. The van der Waals surface area contributed by atoms with E-state index in [0.717, 1.165) is 38.6 Å². The molecule has 1 saturated heterocycles. The zero-order valence-corrected chi connectivity index (χ0v) is 12.0. The van der Waals surface area contributed by atoms with Crippen LogP contribution in [0, 0.1) is 11.3 Å². The molecule has 104 valence electrons. The monoisotopic (exact) mass is 253 g/mol. The summed E-state index contributed by atoms with van der Waals surface area (Å²) in [6.07, 6.45) is 5.74.